The Kier molecular flexibility index (Phi) is 5.23. The van der Waals surface area contributed by atoms with Crippen molar-refractivity contribution in [2.45, 2.75) is 25.7 Å². The smallest absolute Gasteiger partial charge is 0.158 e. The average molecular weight is 377 g/mol. The van der Waals surface area contributed by atoms with Crippen LogP contribution in [0, 0.1) is 5.82 Å². The van der Waals surface area contributed by atoms with Gasteiger partial charge in [-0.05, 0) is 29.7 Å². The lowest BCUT2D eigenvalue weighted by Gasteiger charge is -2.13. The molecule has 2 aromatic heterocycles. The Hall–Kier alpha value is -3.35. The van der Waals surface area contributed by atoms with E-state index < -0.39 is 0 Å². The highest BCUT2D eigenvalue weighted by atomic mass is 19.1. The Bertz CT molecular complexity index is 976. The molecule has 142 valence electrons. The Balaban J connectivity index is 1.62. The molecule has 0 aliphatic carbocycles. The van der Waals surface area contributed by atoms with Crippen LogP contribution in [-0.4, -0.2) is 26.7 Å². The Morgan fingerprint density at radius 2 is 2.00 bits per heavy atom. The van der Waals surface area contributed by atoms with Gasteiger partial charge in [-0.25, -0.2) is 14.4 Å². The third kappa shape index (κ3) is 4.31. The molecule has 0 fully saturated rings. The SMILES string of the molecule is C[C@H](Cc1nc(Cc2cnccn2)cc(C2=COCN2)n1)c1ccc(F)cc1. The number of rotatable bonds is 6. The molecule has 3 aromatic rings. The van der Waals surface area contributed by atoms with Crippen molar-refractivity contribution in [2.75, 3.05) is 6.73 Å². The first-order chi connectivity index (χ1) is 13.7. The number of hydrogen-bond acceptors (Lipinski definition) is 6. The molecule has 0 bridgehead atoms. The Morgan fingerprint density at radius 1 is 1.14 bits per heavy atom. The first kappa shape index (κ1) is 18.0. The molecule has 6 nitrogen and oxygen atoms in total. The number of ether oxygens (including phenoxy) is 1. The zero-order chi connectivity index (χ0) is 19.3. The quantitative estimate of drug-likeness (QED) is 0.711. The van der Waals surface area contributed by atoms with E-state index in [0.717, 1.165) is 34.2 Å². The van der Waals surface area contributed by atoms with Crippen LogP contribution in [0.5, 0.6) is 0 Å². The standard InChI is InChI=1S/C21H20FN5O/c1-14(15-2-4-16(22)5-3-15)8-21-26-17(9-18-11-23-6-7-24-18)10-19(27-21)20-12-28-13-25-20/h2-7,10-12,14,25H,8-9,13H2,1H3/t14-/m1/s1. The van der Waals surface area contributed by atoms with Crippen molar-refractivity contribution in [1.29, 1.82) is 0 Å². The van der Waals surface area contributed by atoms with E-state index in [0.29, 0.717) is 19.6 Å². The predicted octanol–water partition coefficient (Wildman–Crippen LogP) is 3.22. The normalized spacial score (nSPS) is 14.1. The lowest BCUT2D eigenvalue weighted by molar-refractivity contribution is 0.267. The van der Waals surface area contributed by atoms with Gasteiger partial charge in [-0.15, -0.1) is 0 Å². The lowest BCUT2D eigenvalue weighted by atomic mass is 9.97. The fourth-order valence-electron chi connectivity index (χ4n) is 3.10. The van der Waals surface area contributed by atoms with E-state index in [1.165, 1.54) is 12.1 Å². The minimum Gasteiger partial charge on any atom is -0.479 e. The Morgan fingerprint density at radius 3 is 2.71 bits per heavy atom. The van der Waals surface area contributed by atoms with Crippen LogP contribution in [0.25, 0.3) is 5.70 Å². The van der Waals surface area contributed by atoms with Gasteiger partial charge in [0.15, 0.2) is 6.73 Å². The lowest BCUT2D eigenvalue weighted by Crippen LogP contribution is -2.12. The Labute approximate surface area is 162 Å². The van der Waals surface area contributed by atoms with Crippen LogP contribution in [0.4, 0.5) is 4.39 Å². The zero-order valence-corrected chi connectivity index (χ0v) is 15.5. The molecule has 0 radical (unpaired) electrons. The summed E-state index contributed by atoms with van der Waals surface area (Å²) in [4.78, 5) is 17.9. The highest BCUT2D eigenvalue weighted by molar-refractivity contribution is 5.61. The maximum atomic E-state index is 13.2. The van der Waals surface area contributed by atoms with E-state index in [-0.39, 0.29) is 11.7 Å². The summed E-state index contributed by atoms with van der Waals surface area (Å²) in [5, 5.41) is 3.16. The van der Waals surface area contributed by atoms with Gasteiger partial charge in [0.05, 0.1) is 22.8 Å². The van der Waals surface area contributed by atoms with Gasteiger partial charge in [0.2, 0.25) is 0 Å². The van der Waals surface area contributed by atoms with E-state index in [2.05, 4.69) is 22.2 Å². The van der Waals surface area contributed by atoms with Crippen LogP contribution in [-0.2, 0) is 17.6 Å². The van der Waals surface area contributed by atoms with Gasteiger partial charge < -0.3 is 10.1 Å². The summed E-state index contributed by atoms with van der Waals surface area (Å²) in [6.45, 7) is 2.52. The van der Waals surface area contributed by atoms with E-state index in [1.807, 2.05) is 6.07 Å². The van der Waals surface area contributed by atoms with Crippen molar-refractivity contribution in [3.63, 3.8) is 0 Å². The van der Waals surface area contributed by atoms with Crippen molar-refractivity contribution in [3.8, 4) is 0 Å². The summed E-state index contributed by atoms with van der Waals surface area (Å²) in [7, 11) is 0. The molecule has 0 unspecified atom stereocenters. The number of nitrogens with one attached hydrogen (secondary N) is 1. The fraction of sp³-hybridized carbons (Fsp3) is 0.238. The first-order valence-electron chi connectivity index (χ1n) is 9.10. The van der Waals surface area contributed by atoms with Crippen molar-refractivity contribution < 1.29 is 9.13 Å². The van der Waals surface area contributed by atoms with E-state index in [4.69, 9.17) is 14.7 Å². The van der Waals surface area contributed by atoms with E-state index in [1.54, 1.807) is 37.0 Å². The summed E-state index contributed by atoms with van der Waals surface area (Å²) < 4.78 is 18.5. The third-order valence-electron chi connectivity index (χ3n) is 4.56. The van der Waals surface area contributed by atoms with Crippen LogP contribution in [0.15, 0.2) is 55.2 Å². The van der Waals surface area contributed by atoms with Crippen molar-refractivity contribution in [1.82, 2.24) is 25.3 Å². The summed E-state index contributed by atoms with van der Waals surface area (Å²) in [5.74, 6) is 0.643. The second-order valence-corrected chi connectivity index (χ2v) is 6.71. The van der Waals surface area contributed by atoms with Crippen LogP contribution >= 0.6 is 0 Å². The molecular formula is C21H20FN5O. The molecule has 3 heterocycles. The van der Waals surface area contributed by atoms with Crippen molar-refractivity contribution in [3.05, 3.63) is 89.5 Å². The van der Waals surface area contributed by atoms with E-state index >= 15 is 0 Å². The molecule has 0 amide bonds. The molecular weight excluding hydrogens is 357 g/mol. The van der Waals surface area contributed by atoms with Crippen molar-refractivity contribution >= 4 is 5.70 Å². The predicted molar refractivity (Wildman–Crippen MR) is 102 cm³/mol. The molecule has 4 rings (SSSR count). The zero-order valence-electron chi connectivity index (χ0n) is 15.5. The molecule has 0 spiro atoms. The largest absolute Gasteiger partial charge is 0.479 e. The van der Waals surface area contributed by atoms with Crippen LogP contribution in [0.1, 0.15) is 41.3 Å². The van der Waals surface area contributed by atoms with E-state index in [9.17, 15) is 4.39 Å². The van der Waals surface area contributed by atoms with Crippen LogP contribution in [0.3, 0.4) is 0 Å². The maximum absolute atomic E-state index is 13.2. The highest BCUT2D eigenvalue weighted by Crippen LogP contribution is 2.22. The summed E-state index contributed by atoms with van der Waals surface area (Å²) in [6.07, 6.45) is 7.93. The number of nitrogens with zero attached hydrogens (tertiary/aromatic N) is 4. The molecule has 7 heteroatoms. The number of benzene rings is 1. The topological polar surface area (TPSA) is 72.8 Å². The van der Waals surface area contributed by atoms with Gasteiger partial charge in [-0.2, -0.15) is 0 Å². The van der Waals surface area contributed by atoms with Gasteiger partial charge in [0.25, 0.3) is 0 Å². The van der Waals surface area contributed by atoms with Gasteiger partial charge in [0, 0.05) is 31.4 Å². The summed E-state index contributed by atoms with van der Waals surface area (Å²) in [6, 6.07) is 8.51. The molecule has 0 saturated heterocycles. The molecule has 1 N–H and O–H groups in total. The first-order valence-corrected chi connectivity index (χ1v) is 9.10. The van der Waals surface area contributed by atoms with Gasteiger partial charge in [-0.1, -0.05) is 19.1 Å². The molecule has 1 aliphatic rings. The third-order valence-corrected chi connectivity index (χ3v) is 4.56. The fourth-order valence-corrected chi connectivity index (χ4v) is 3.10. The molecule has 1 aliphatic heterocycles. The minimum atomic E-state index is -0.236. The van der Waals surface area contributed by atoms with Gasteiger partial charge in [0.1, 0.15) is 17.9 Å². The minimum absolute atomic E-state index is 0.155. The number of hydrogen-bond donors (Lipinski definition) is 1. The second-order valence-electron chi connectivity index (χ2n) is 6.71. The number of aromatic nitrogens is 4. The van der Waals surface area contributed by atoms with Crippen LogP contribution in [0.2, 0.25) is 0 Å². The molecule has 28 heavy (non-hydrogen) atoms. The summed E-state index contributed by atoms with van der Waals surface area (Å²) in [5.41, 5.74) is 4.37. The summed E-state index contributed by atoms with van der Waals surface area (Å²) >= 11 is 0. The average Bonchev–Trinajstić information content (AvgIpc) is 3.24. The van der Waals surface area contributed by atoms with Gasteiger partial charge >= 0.3 is 0 Å². The molecule has 1 aromatic carbocycles. The second kappa shape index (κ2) is 8.12. The van der Waals surface area contributed by atoms with Gasteiger partial charge in [-0.3, -0.25) is 9.97 Å². The maximum Gasteiger partial charge on any atom is 0.158 e. The molecule has 1 atom stereocenters. The highest BCUT2D eigenvalue weighted by Gasteiger charge is 2.15. The molecule has 0 saturated carbocycles. The number of halogens is 1. The monoisotopic (exact) mass is 377 g/mol. The van der Waals surface area contributed by atoms with Crippen molar-refractivity contribution in [2.24, 2.45) is 0 Å². The van der Waals surface area contributed by atoms with Crippen LogP contribution < -0.4 is 5.32 Å².